The molecule has 0 bridgehead atoms. The van der Waals surface area contributed by atoms with E-state index in [9.17, 15) is 0 Å². The normalized spacial score (nSPS) is 8.57. The fraction of sp³-hybridized carbons (Fsp3) is 1.00. The molecule has 0 saturated carbocycles. The van der Waals surface area contributed by atoms with Gasteiger partial charge in [-0.3, -0.25) is 0 Å². The Balaban J connectivity index is 0. The van der Waals surface area contributed by atoms with Crippen LogP contribution in [0.1, 0.15) is 6.92 Å². The van der Waals surface area contributed by atoms with Gasteiger partial charge < -0.3 is 9.47 Å². The van der Waals surface area contributed by atoms with Crippen molar-refractivity contribution in [2.24, 2.45) is 0 Å². The van der Waals surface area contributed by atoms with E-state index in [1.165, 1.54) is 0 Å². The van der Waals surface area contributed by atoms with Gasteiger partial charge in [0.25, 0.3) is 0 Å². The molecule has 0 heterocycles. The fourth-order valence-corrected chi connectivity index (χ4v) is 0.0962. The van der Waals surface area contributed by atoms with Gasteiger partial charge in [0, 0.05) is 14.2 Å². The molecule has 0 aliphatic carbocycles. The molecular formula is C4H11BrO2. The highest BCUT2D eigenvalue weighted by atomic mass is 79.9. The van der Waals surface area contributed by atoms with E-state index in [0.29, 0.717) is 0 Å². The zero-order valence-corrected chi connectivity index (χ0v) is 6.52. The first kappa shape index (κ1) is 10.4. The first-order valence-corrected chi connectivity index (χ1v) is 1.87. The molecule has 0 spiro atoms. The Kier molecular flexibility index (Phi) is 9.50. The second-order valence-electron chi connectivity index (χ2n) is 1.04. The van der Waals surface area contributed by atoms with Gasteiger partial charge in [0.15, 0.2) is 6.29 Å². The van der Waals surface area contributed by atoms with Gasteiger partial charge in [0.2, 0.25) is 0 Å². The molecule has 0 radical (unpaired) electrons. The van der Waals surface area contributed by atoms with Crippen molar-refractivity contribution in [1.82, 2.24) is 0 Å². The lowest BCUT2D eigenvalue weighted by Crippen LogP contribution is -2.05. The SMILES string of the molecule is Br.COC(C)OC. The molecule has 0 atom stereocenters. The number of methoxy groups -OCH3 is 2. The predicted molar refractivity (Wildman–Crippen MR) is 33.8 cm³/mol. The van der Waals surface area contributed by atoms with E-state index in [2.05, 4.69) is 9.47 Å². The largest absolute Gasteiger partial charge is 0.356 e. The van der Waals surface area contributed by atoms with Crippen LogP contribution in [0.3, 0.4) is 0 Å². The van der Waals surface area contributed by atoms with Crippen LogP contribution in [-0.4, -0.2) is 20.5 Å². The molecule has 0 aromatic carbocycles. The lowest BCUT2D eigenvalue weighted by molar-refractivity contribution is -0.0877. The van der Waals surface area contributed by atoms with Crippen LogP contribution < -0.4 is 0 Å². The van der Waals surface area contributed by atoms with Gasteiger partial charge in [-0.2, -0.15) is 0 Å². The number of rotatable bonds is 2. The van der Waals surface area contributed by atoms with Gasteiger partial charge in [-0.25, -0.2) is 0 Å². The summed E-state index contributed by atoms with van der Waals surface area (Å²) in [5.74, 6) is 0. The molecule has 0 aliphatic rings. The van der Waals surface area contributed by atoms with Crippen molar-refractivity contribution in [3.63, 3.8) is 0 Å². The smallest absolute Gasteiger partial charge is 0.154 e. The van der Waals surface area contributed by atoms with Crippen LogP contribution in [0.5, 0.6) is 0 Å². The predicted octanol–water partition coefficient (Wildman–Crippen LogP) is 1.20. The third-order valence-corrected chi connectivity index (χ3v) is 0.664. The summed E-state index contributed by atoms with van der Waals surface area (Å²) in [5, 5.41) is 0. The van der Waals surface area contributed by atoms with Crippen LogP contribution in [0.25, 0.3) is 0 Å². The molecule has 46 valence electrons. The van der Waals surface area contributed by atoms with Gasteiger partial charge in [-0.15, -0.1) is 17.0 Å². The molecule has 0 N–H and O–H groups in total. The van der Waals surface area contributed by atoms with E-state index in [1.54, 1.807) is 14.2 Å². The van der Waals surface area contributed by atoms with Gasteiger partial charge in [-0.1, -0.05) is 0 Å². The summed E-state index contributed by atoms with van der Waals surface area (Å²) in [5.41, 5.74) is 0. The van der Waals surface area contributed by atoms with Crippen molar-refractivity contribution in [3.8, 4) is 0 Å². The quantitative estimate of drug-likeness (QED) is 0.581. The first-order chi connectivity index (χ1) is 2.81. The summed E-state index contributed by atoms with van der Waals surface area (Å²) in [7, 11) is 3.21. The number of hydrogen-bond donors (Lipinski definition) is 0. The highest BCUT2D eigenvalue weighted by Crippen LogP contribution is 1.82. The molecular weight excluding hydrogens is 160 g/mol. The number of hydrogen-bond acceptors (Lipinski definition) is 2. The second-order valence-corrected chi connectivity index (χ2v) is 1.04. The standard InChI is InChI=1S/C4H10O2.BrH/c1-4(5-2)6-3;/h4H,1-3H3;1H. The molecule has 0 fully saturated rings. The number of ether oxygens (including phenoxy) is 2. The van der Waals surface area contributed by atoms with Crippen molar-refractivity contribution < 1.29 is 9.47 Å². The summed E-state index contributed by atoms with van der Waals surface area (Å²) >= 11 is 0. The molecule has 0 amide bonds. The Bertz CT molecular complexity index is 28.9. The van der Waals surface area contributed by atoms with Crippen molar-refractivity contribution in [2.75, 3.05) is 14.2 Å². The maximum absolute atomic E-state index is 4.68. The highest BCUT2D eigenvalue weighted by molar-refractivity contribution is 8.93. The molecule has 0 aliphatic heterocycles. The van der Waals surface area contributed by atoms with Crippen molar-refractivity contribution in [3.05, 3.63) is 0 Å². The van der Waals surface area contributed by atoms with E-state index in [1.807, 2.05) is 6.92 Å². The molecule has 2 nitrogen and oxygen atoms in total. The monoisotopic (exact) mass is 170 g/mol. The summed E-state index contributed by atoms with van der Waals surface area (Å²) in [6.45, 7) is 1.83. The van der Waals surface area contributed by atoms with Gasteiger partial charge in [0.05, 0.1) is 0 Å². The van der Waals surface area contributed by atoms with E-state index in [0.717, 1.165) is 0 Å². The van der Waals surface area contributed by atoms with E-state index >= 15 is 0 Å². The summed E-state index contributed by atoms with van der Waals surface area (Å²) < 4.78 is 9.35. The minimum Gasteiger partial charge on any atom is -0.356 e. The third-order valence-electron chi connectivity index (χ3n) is 0.664. The third kappa shape index (κ3) is 6.40. The minimum atomic E-state index is -0.0648. The van der Waals surface area contributed by atoms with Gasteiger partial charge in [0.1, 0.15) is 0 Å². The summed E-state index contributed by atoms with van der Waals surface area (Å²) in [4.78, 5) is 0. The lowest BCUT2D eigenvalue weighted by atomic mass is 10.8. The molecule has 0 saturated heterocycles. The maximum atomic E-state index is 4.68. The number of halogens is 1. The average molecular weight is 171 g/mol. The second kappa shape index (κ2) is 6.40. The van der Waals surface area contributed by atoms with Crippen LogP contribution in [-0.2, 0) is 9.47 Å². The topological polar surface area (TPSA) is 18.5 Å². The Morgan fingerprint density at radius 1 is 1.14 bits per heavy atom. The van der Waals surface area contributed by atoms with Crippen LogP contribution in [0.2, 0.25) is 0 Å². The van der Waals surface area contributed by atoms with Crippen LogP contribution >= 0.6 is 17.0 Å². The molecule has 0 aromatic heterocycles. The zero-order chi connectivity index (χ0) is 4.99. The minimum absolute atomic E-state index is 0. The summed E-state index contributed by atoms with van der Waals surface area (Å²) in [6.07, 6.45) is -0.0648. The van der Waals surface area contributed by atoms with E-state index in [-0.39, 0.29) is 23.3 Å². The average Bonchev–Trinajstić information content (AvgIpc) is 1.65. The van der Waals surface area contributed by atoms with Gasteiger partial charge >= 0.3 is 0 Å². The molecule has 0 aromatic rings. The summed E-state index contributed by atoms with van der Waals surface area (Å²) in [6, 6.07) is 0. The molecule has 0 unspecified atom stereocenters. The fourth-order valence-electron chi connectivity index (χ4n) is 0.0962. The van der Waals surface area contributed by atoms with Crippen LogP contribution in [0.15, 0.2) is 0 Å². The van der Waals surface area contributed by atoms with Crippen LogP contribution in [0, 0.1) is 0 Å². The first-order valence-electron chi connectivity index (χ1n) is 1.87. The van der Waals surface area contributed by atoms with Crippen molar-refractivity contribution >= 4 is 17.0 Å². The Morgan fingerprint density at radius 3 is 1.43 bits per heavy atom. The molecule has 7 heavy (non-hydrogen) atoms. The van der Waals surface area contributed by atoms with Crippen molar-refractivity contribution in [1.29, 1.82) is 0 Å². The highest BCUT2D eigenvalue weighted by Gasteiger charge is 1.87. The Hall–Kier alpha value is 0.400. The molecule has 3 heteroatoms. The van der Waals surface area contributed by atoms with E-state index < -0.39 is 0 Å². The van der Waals surface area contributed by atoms with Crippen molar-refractivity contribution in [2.45, 2.75) is 13.2 Å². The van der Waals surface area contributed by atoms with E-state index in [4.69, 9.17) is 0 Å². The van der Waals surface area contributed by atoms with Gasteiger partial charge in [-0.05, 0) is 6.92 Å². The molecule has 0 rings (SSSR count). The Morgan fingerprint density at radius 2 is 1.43 bits per heavy atom. The maximum Gasteiger partial charge on any atom is 0.154 e. The van der Waals surface area contributed by atoms with Crippen LogP contribution in [0.4, 0.5) is 0 Å². The Labute approximate surface area is 54.6 Å². The zero-order valence-electron chi connectivity index (χ0n) is 4.80. The lowest BCUT2D eigenvalue weighted by Gasteiger charge is -2.03.